The molecule has 1 heterocycles. The summed E-state index contributed by atoms with van der Waals surface area (Å²) in [5.74, 6) is 0.675. The maximum Gasteiger partial charge on any atom is 0.220 e. The SMILES string of the molecule is Cc1cccc(CCC(=O)NC2CCC(Oc3ccc(C#N)cn3)CC2)c1. The number of hydrogen-bond acceptors (Lipinski definition) is 4. The molecule has 27 heavy (non-hydrogen) atoms. The van der Waals surface area contributed by atoms with Crippen molar-refractivity contribution in [1.29, 1.82) is 5.26 Å². The lowest BCUT2D eigenvalue weighted by Crippen LogP contribution is -2.39. The van der Waals surface area contributed by atoms with E-state index in [-0.39, 0.29) is 18.1 Å². The molecule has 0 unspecified atom stereocenters. The second-order valence-corrected chi connectivity index (χ2v) is 7.14. The zero-order valence-electron chi connectivity index (χ0n) is 15.6. The molecule has 5 nitrogen and oxygen atoms in total. The van der Waals surface area contributed by atoms with Crippen molar-refractivity contribution in [3.05, 3.63) is 59.3 Å². The van der Waals surface area contributed by atoms with Crippen LogP contribution in [0.15, 0.2) is 42.6 Å². The van der Waals surface area contributed by atoms with Gasteiger partial charge in [-0.2, -0.15) is 5.26 Å². The van der Waals surface area contributed by atoms with E-state index in [0.717, 1.165) is 32.1 Å². The van der Waals surface area contributed by atoms with E-state index in [1.54, 1.807) is 12.1 Å². The van der Waals surface area contributed by atoms with Crippen LogP contribution < -0.4 is 10.1 Å². The van der Waals surface area contributed by atoms with E-state index < -0.39 is 0 Å². The zero-order chi connectivity index (χ0) is 19.1. The number of carbonyl (C=O) groups is 1. The van der Waals surface area contributed by atoms with Crippen LogP contribution in [0.2, 0.25) is 0 Å². The number of nitriles is 1. The van der Waals surface area contributed by atoms with Gasteiger partial charge in [0.2, 0.25) is 11.8 Å². The molecule has 0 aliphatic heterocycles. The average Bonchev–Trinajstić information content (AvgIpc) is 2.69. The van der Waals surface area contributed by atoms with Crippen molar-refractivity contribution in [2.24, 2.45) is 0 Å². The highest BCUT2D eigenvalue weighted by atomic mass is 16.5. The Kier molecular flexibility index (Phi) is 6.43. The maximum absolute atomic E-state index is 12.2. The van der Waals surface area contributed by atoms with Crippen molar-refractivity contribution in [3.8, 4) is 11.9 Å². The number of benzene rings is 1. The maximum atomic E-state index is 12.2. The Balaban J connectivity index is 1.38. The molecule has 0 bridgehead atoms. The van der Waals surface area contributed by atoms with Gasteiger partial charge in [-0.25, -0.2) is 4.98 Å². The van der Waals surface area contributed by atoms with Gasteiger partial charge in [-0.15, -0.1) is 0 Å². The predicted octanol–water partition coefficient (Wildman–Crippen LogP) is 3.70. The van der Waals surface area contributed by atoms with Gasteiger partial charge in [0.05, 0.1) is 5.56 Å². The molecule has 0 radical (unpaired) electrons. The number of hydrogen-bond donors (Lipinski definition) is 1. The zero-order valence-corrected chi connectivity index (χ0v) is 15.6. The molecule has 140 valence electrons. The van der Waals surface area contributed by atoms with Gasteiger partial charge < -0.3 is 10.1 Å². The van der Waals surface area contributed by atoms with Gasteiger partial charge >= 0.3 is 0 Å². The number of rotatable bonds is 6. The predicted molar refractivity (Wildman–Crippen MR) is 103 cm³/mol. The fourth-order valence-electron chi connectivity index (χ4n) is 3.44. The quantitative estimate of drug-likeness (QED) is 0.849. The monoisotopic (exact) mass is 363 g/mol. The van der Waals surface area contributed by atoms with E-state index in [4.69, 9.17) is 10.00 Å². The molecule has 5 heteroatoms. The minimum absolute atomic E-state index is 0.117. The molecule has 2 aromatic rings. The molecule has 1 aromatic heterocycles. The first-order valence-corrected chi connectivity index (χ1v) is 9.50. The third-order valence-electron chi connectivity index (χ3n) is 4.92. The molecule has 0 spiro atoms. The number of amides is 1. The lowest BCUT2D eigenvalue weighted by Gasteiger charge is -2.29. The van der Waals surface area contributed by atoms with Crippen molar-refractivity contribution >= 4 is 5.91 Å². The van der Waals surface area contributed by atoms with Crippen LogP contribution in [0.5, 0.6) is 5.88 Å². The number of nitrogens with zero attached hydrogens (tertiary/aromatic N) is 2. The Morgan fingerprint density at radius 1 is 1.26 bits per heavy atom. The van der Waals surface area contributed by atoms with Crippen LogP contribution in [0.4, 0.5) is 0 Å². The molecule has 1 fully saturated rings. The molecule has 3 rings (SSSR count). The normalized spacial score (nSPS) is 19.1. The topological polar surface area (TPSA) is 75.0 Å². The number of carbonyl (C=O) groups excluding carboxylic acids is 1. The van der Waals surface area contributed by atoms with Crippen LogP contribution in [0.1, 0.15) is 48.8 Å². The summed E-state index contributed by atoms with van der Waals surface area (Å²) in [6.07, 6.45) is 6.55. The highest BCUT2D eigenvalue weighted by molar-refractivity contribution is 5.76. The van der Waals surface area contributed by atoms with E-state index in [9.17, 15) is 4.79 Å². The fraction of sp³-hybridized carbons (Fsp3) is 0.409. The third-order valence-corrected chi connectivity index (χ3v) is 4.92. The molecular weight excluding hydrogens is 338 g/mol. The van der Waals surface area contributed by atoms with Crippen LogP contribution in [-0.4, -0.2) is 23.0 Å². The van der Waals surface area contributed by atoms with Crippen LogP contribution in [0.25, 0.3) is 0 Å². The Morgan fingerprint density at radius 2 is 2.07 bits per heavy atom. The van der Waals surface area contributed by atoms with Gasteiger partial charge in [0, 0.05) is 24.7 Å². The lowest BCUT2D eigenvalue weighted by atomic mass is 9.92. The summed E-state index contributed by atoms with van der Waals surface area (Å²) in [6.45, 7) is 2.07. The third kappa shape index (κ3) is 5.82. The Morgan fingerprint density at radius 3 is 2.74 bits per heavy atom. The minimum atomic E-state index is 0.117. The summed E-state index contributed by atoms with van der Waals surface area (Å²) in [7, 11) is 0. The molecule has 1 N–H and O–H groups in total. The summed E-state index contributed by atoms with van der Waals surface area (Å²) in [5.41, 5.74) is 2.96. The van der Waals surface area contributed by atoms with E-state index in [1.807, 2.05) is 12.1 Å². The summed E-state index contributed by atoms with van der Waals surface area (Å²) in [4.78, 5) is 16.4. The largest absolute Gasteiger partial charge is 0.474 e. The number of aryl methyl sites for hydroxylation is 2. The Bertz CT molecular complexity index is 803. The van der Waals surface area contributed by atoms with Crippen LogP contribution >= 0.6 is 0 Å². The minimum Gasteiger partial charge on any atom is -0.474 e. The molecule has 1 amide bonds. The van der Waals surface area contributed by atoms with E-state index in [1.165, 1.54) is 17.3 Å². The lowest BCUT2D eigenvalue weighted by molar-refractivity contribution is -0.122. The summed E-state index contributed by atoms with van der Waals surface area (Å²) in [5, 5.41) is 12.0. The van der Waals surface area contributed by atoms with Gasteiger partial charge in [0.15, 0.2) is 0 Å². The van der Waals surface area contributed by atoms with Crippen molar-refractivity contribution in [2.45, 2.75) is 57.6 Å². The fourth-order valence-corrected chi connectivity index (χ4v) is 3.44. The van der Waals surface area contributed by atoms with Crippen molar-refractivity contribution < 1.29 is 9.53 Å². The molecule has 1 aromatic carbocycles. The highest BCUT2D eigenvalue weighted by Crippen LogP contribution is 2.23. The second kappa shape index (κ2) is 9.18. The number of nitrogens with one attached hydrogen (secondary N) is 1. The first kappa shape index (κ1) is 18.9. The van der Waals surface area contributed by atoms with E-state index in [2.05, 4.69) is 35.4 Å². The first-order valence-electron chi connectivity index (χ1n) is 9.50. The van der Waals surface area contributed by atoms with Gasteiger partial charge in [-0.3, -0.25) is 4.79 Å². The van der Waals surface area contributed by atoms with Gasteiger partial charge in [-0.05, 0) is 50.7 Å². The molecule has 1 saturated carbocycles. The Labute approximate surface area is 160 Å². The smallest absolute Gasteiger partial charge is 0.220 e. The van der Waals surface area contributed by atoms with Crippen molar-refractivity contribution in [3.63, 3.8) is 0 Å². The summed E-state index contributed by atoms with van der Waals surface area (Å²) in [6, 6.07) is 14.0. The van der Waals surface area contributed by atoms with E-state index in [0.29, 0.717) is 17.9 Å². The van der Waals surface area contributed by atoms with Crippen LogP contribution in [0.3, 0.4) is 0 Å². The number of ether oxygens (including phenoxy) is 1. The Hall–Kier alpha value is -2.87. The van der Waals surface area contributed by atoms with Crippen molar-refractivity contribution in [2.75, 3.05) is 0 Å². The number of aromatic nitrogens is 1. The summed E-state index contributed by atoms with van der Waals surface area (Å²) >= 11 is 0. The first-order chi connectivity index (χ1) is 13.1. The van der Waals surface area contributed by atoms with Crippen LogP contribution in [-0.2, 0) is 11.2 Å². The average molecular weight is 363 g/mol. The summed E-state index contributed by atoms with van der Waals surface area (Å²) < 4.78 is 5.89. The molecule has 0 saturated heterocycles. The van der Waals surface area contributed by atoms with Gasteiger partial charge in [0.25, 0.3) is 0 Å². The molecule has 1 aliphatic carbocycles. The van der Waals surface area contributed by atoms with Crippen molar-refractivity contribution in [1.82, 2.24) is 10.3 Å². The standard InChI is InChI=1S/C22H25N3O2/c1-16-3-2-4-17(13-16)5-11-21(26)25-19-7-9-20(10-8-19)27-22-12-6-18(14-23)15-24-22/h2-4,6,12-13,15,19-20H,5,7-11H2,1H3,(H,25,26). The molecule has 1 aliphatic rings. The second-order valence-electron chi connectivity index (χ2n) is 7.14. The number of pyridine rings is 1. The molecule has 0 atom stereocenters. The van der Waals surface area contributed by atoms with Gasteiger partial charge in [-0.1, -0.05) is 29.8 Å². The van der Waals surface area contributed by atoms with Crippen LogP contribution in [0, 0.1) is 18.3 Å². The van der Waals surface area contributed by atoms with E-state index >= 15 is 0 Å². The molecular formula is C22H25N3O2. The van der Waals surface area contributed by atoms with Gasteiger partial charge in [0.1, 0.15) is 12.2 Å². The highest BCUT2D eigenvalue weighted by Gasteiger charge is 2.23.